The number of aromatic nitrogens is 1. The second-order valence-electron chi connectivity index (χ2n) is 9.47. The second-order valence-corrected chi connectivity index (χ2v) is 9.47. The first kappa shape index (κ1) is 23.8. The first-order chi connectivity index (χ1) is 15.1. The molecule has 6 nitrogen and oxygen atoms in total. The van der Waals surface area contributed by atoms with Crippen LogP contribution in [0, 0.1) is 13.8 Å². The number of H-pyrrole nitrogens is 1. The molecule has 2 aromatic rings. The minimum atomic E-state index is -0.122. The Kier molecular flexibility index (Phi) is 6.94. The smallest absolute Gasteiger partial charge is 0.256 e. The lowest BCUT2D eigenvalue weighted by Gasteiger charge is -2.19. The van der Waals surface area contributed by atoms with E-state index in [0.29, 0.717) is 17.7 Å². The van der Waals surface area contributed by atoms with Gasteiger partial charge in [0, 0.05) is 35.7 Å². The number of aromatic amines is 1. The van der Waals surface area contributed by atoms with Gasteiger partial charge in [0.05, 0.1) is 11.1 Å². The summed E-state index contributed by atoms with van der Waals surface area (Å²) in [6.07, 6.45) is 1.86. The quantitative estimate of drug-likeness (QED) is 0.560. The van der Waals surface area contributed by atoms with E-state index in [1.54, 1.807) is 0 Å². The number of carbonyl (C=O) groups excluding carboxylic acids is 2. The van der Waals surface area contributed by atoms with E-state index in [0.717, 1.165) is 47.8 Å². The summed E-state index contributed by atoms with van der Waals surface area (Å²) < 4.78 is 0. The van der Waals surface area contributed by atoms with Crippen molar-refractivity contribution < 1.29 is 9.59 Å². The number of fused-ring (bicyclic) bond motifs is 1. The summed E-state index contributed by atoms with van der Waals surface area (Å²) in [7, 11) is 0. The number of nitrogens with zero attached hydrogens (tertiary/aromatic N) is 1. The molecule has 0 saturated heterocycles. The van der Waals surface area contributed by atoms with Crippen LogP contribution in [-0.4, -0.2) is 47.9 Å². The second kappa shape index (κ2) is 9.33. The van der Waals surface area contributed by atoms with E-state index in [1.165, 1.54) is 5.56 Å². The molecule has 32 heavy (non-hydrogen) atoms. The molecular formula is C26H36N4O2. The topological polar surface area (TPSA) is 77.2 Å². The minimum Gasteiger partial charge on any atom is -0.358 e. The Hall–Kier alpha value is -2.86. The molecule has 0 spiro atoms. The zero-order valence-corrected chi connectivity index (χ0v) is 20.4. The van der Waals surface area contributed by atoms with Gasteiger partial charge in [0.1, 0.15) is 0 Å². The number of likely N-dealkylation sites (N-methyl/N-ethyl adjacent to an activating group) is 1. The van der Waals surface area contributed by atoms with Crippen LogP contribution in [-0.2, 0) is 10.2 Å². The third-order valence-electron chi connectivity index (χ3n) is 6.27. The van der Waals surface area contributed by atoms with Crippen molar-refractivity contribution in [3.63, 3.8) is 0 Å². The average Bonchev–Trinajstić information content (AvgIpc) is 3.19. The zero-order chi connectivity index (χ0) is 23.6. The van der Waals surface area contributed by atoms with Gasteiger partial charge in [-0.2, -0.15) is 0 Å². The fraction of sp³-hybridized carbons (Fsp3) is 0.462. The maximum absolute atomic E-state index is 12.9. The summed E-state index contributed by atoms with van der Waals surface area (Å²) in [5, 5.41) is 5.99. The van der Waals surface area contributed by atoms with E-state index in [1.807, 2.05) is 26.0 Å². The Morgan fingerprint density at radius 3 is 2.47 bits per heavy atom. The molecule has 0 atom stereocenters. The van der Waals surface area contributed by atoms with Gasteiger partial charge in [-0.3, -0.25) is 9.59 Å². The Morgan fingerprint density at radius 2 is 1.84 bits per heavy atom. The molecule has 3 N–H and O–H groups in total. The first-order valence-corrected chi connectivity index (χ1v) is 11.4. The van der Waals surface area contributed by atoms with E-state index in [2.05, 4.69) is 67.3 Å². The van der Waals surface area contributed by atoms with Gasteiger partial charge in [-0.1, -0.05) is 40.7 Å². The molecule has 0 radical (unpaired) electrons. The molecule has 1 aromatic carbocycles. The van der Waals surface area contributed by atoms with Crippen LogP contribution in [0.2, 0.25) is 0 Å². The summed E-state index contributed by atoms with van der Waals surface area (Å²) >= 11 is 0. The predicted octanol–water partition coefficient (Wildman–Crippen LogP) is 4.49. The highest BCUT2D eigenvalue weighted by molar-refractivity contribution is 6.35. The summed E-state index contributed by atoms with van der Waals surface area (Å²) in [6, 6.07) is 6.12. The Labute approximate surface area is 191 Å². The maximum atomic E-state index is 12.9. The molecule has 0 bridgehead atoms. The van der Waals surface area contributed by atoms with Gasteiger partial charge in [0.15, 0.2) is 0 Å². The van der Waals surface area contributed by atoms with Crippen molar-refractivity contribution in [3.05, 3.63) is 51.8 Å². The highest BCUT2D eigenvalue weighted by Gasteiger charge is 2.27. The van der Waals surface area contributed by atoms with Crippen LogP contribution in [0.5, 0.6) is 0 Å². The van der Waals surface area contributed by atoms with Crippen molar-refractivity contribution >= 4 is 29.2 Å². The summed E-state index contributed by atoms with van der Waals surface area (Å²) in [5.41, 5.74) is 6.59. The van der Waals surface area contributed by atoms with Crippen LogP contribution in [0.25, 0.3) is 11.6 Å². The van der Waals surface area contributed by atoms with Crippen molar-refractivity contribution in [2.75, 3.05) is 31.5 Å². The number of hydrogen-bond donors (Lipinski definition) is 3. The molecule has 172 valence electrons. The lowest BCUT2D eigenvalue weighted by Crippen LogP contribution is -2.35. The molecule has 1 aliphatic rings. The predicted molar refractivity (Wildman–Crippen MR) is 132 cm³/mol. The lowest BCUT2D eigenvalue weighted by atomic mass is 9.85. The van der Waals surface area contributed by atoms with E-state index < -0.39 is 0 Å². The highest BCUT2D eigenvalue weighted by atomic mass is 16.2. The lowest BCUT2D eigenvalue weighted by molar-refractivity contribution is -0.110. The number of carbonyl (C=O) groups is 2. The van der Waals surface area contributed by atoms with Crippen molar-refractivity contribution in [3.8, 4) is 0 Å². The standard InChI is InChI=1S/C26H36N4O2/c1-8-30(9-2)13-12-27-25(32)23-16(3)22(28-17(23)4)15-20-19-14-18(26(5,6)7)10-11-21(19)29-24(20)31/h10-11,14-15,28H,8-9,12-13H2,1-7H3,(H,27,32)(H,29,31)/b20-15-. The molecule has 2 amide bonds. The van der Waals surface area contributed by atoms with Crippen LogP contribution in [0.1, 0.15) is 73.1 Å². The van der Waals surface area contributed by atoms with Crippen molar-refractivity contribution in [1.29, 1.82) is 0 Å². The van der Waals surface area contributed by atoms with Crippen LogP contribution >= 0.6 is 0 Å². The van der Waals surface area contributed by atoms with Crippen molar-refractivity contribution in [2.24, 2.45) is 0 Å². The molecule has 2 heterocycles. The fourth-order valence-corrected chi connectivity index (χ4v) is 4.16. The van der Waals surface area contributed by atoms with Crippen LogP contribution in [0.15, 0.2) is 18.2 Å². The van der Waals surface area contributed by atoms with Crippen LogP contribution < -0.4 is 10.6 Å². The third kappa shape index (κ3) is 4.80. The van der Waals surface area contributed by atoms with E-state index >= 15 is 0 Å². The normalized spacial score (nSPS) is 14.8. The Balaban J connectivity index is 1.88. The molecule has 0 aliphatic carbocycles. The SMILES string of the molecule is CCN(CC)CCNC(=O)c1c(C)[nH]c(/C=C2\C(=O)Nc3ccc(C(C)(C)C)cc32)c1C. The summed E-state index contributed by atoms with van der Waals surface area (Å²) in [6.45, 7) is 17.9. The number of rotatable bonds is 7. The molecular weight excluding hydrogens is 400 g/mol. The van der Waals surface area contributed by atoms with Gasteiger partial charge in [-0.15, -0.1) is 0 Å². The molecule has 0 unspecified atom stereocenters. The third-order valence-corrected chi connectivity index (χ3v) is 6.27. The average molecular weight is 437 g/mol. The first-order valence-electron chi connectivity index (χ1n) is 11.4. The van der Waals surface area contributed by atoms with Gasteiger partial charge in [-0.05, 0) is 61.7 Å². The van der Waals surface area contributed by atoms with Crippen LogP contribution in [0.3, 0.4) is 0 Å². The van der Waals surface area contributed by atoms with E-state index in [-0.39, 0.29) is 17.2 Å². The van der Waals surface area contributed by atoms with Gasteiger partial charge in [0.25, 0.3) is 11.8 Å². The number of benzene rings is 1. The molecule has 1 aliphatic heterocycles. The molecule has 0 saturated carbocycles. The van der Waals surface area contributed by atoms with Gasteiger partial charge < -0.3 is 20.5 Å². The number of nitrogens with one attached hydrogen (secondary N) is 3. The van der Waals surface area contributed by atoms with Crippen molar-refractivity contribution in [1.82, 2.24) is 15.2 Å². The Morgan fingerprint density at radius 1 is 1.16 bits per heavy atom. The Bertz CT molecular complexity index is 1050. The van der Waals surface area contributed by atoms with Gasteiger partial charge in [-0.25, -0.2) is 0 Å². The highest BCUT2D eigenvalue weighted by Crippen LogP contribution is 2.37. The molecule has 3 rings (SSSR count). The minimum absolute atomic E-state index is 0.0128. The number of aryl methyl sites for hydroxylation is 1. The number of hydrogen-bond acceptors (Lipinski definition) is 3. The zero-order valence-electron chi connectivity index (χ0n) is 20.4. The molecule has 1 aromatic heterocycles. The number of anilines is 1. The summed E-state index contributed by atoms with van der Waals surface area (Å²) in [5.74, 6) is -0.206. The monoisotopic (exact) mass is 436 g/mol. The molecule has 6 heteroatoms. The van der Waals surface area contributed by atoms with Gasteiger partial charge in [0.2, 0.25) is 0 Å². The van der Waals surface area contributed by atoms with E-state index in [9.17, 15) is 9.59 Å². The van der Waals surface area contributed by atoms with Crippen molar-refractivity contribution in [2.45, 2.75) is 53.9 Å². The maximum Gasteiger partial charge on any atom is 0.256 e. The largest absolute Gasteiger partial charge is 0.358 e. The summed E-state index contributed by atoms with van der Waals surface area (Å²) in [4.78, 5) is 31.2. The molecule has 0 fully saturated rings. The van der Waals surface area contributed by atoms with Crippen LogP contribution in [0.4, 0.5) is 5.69 Å². The van der Waals surface area contributed by atoms with E-state index in [4.69, 9.17) is 0 Å². The van der Waals surface area contributed by atoms with Gasteiger partial charge >= 0.3 is 0 Å². The number of amides is 2. The fourth-order valence-electron chi connectivity index (χ4n) is 4.16.